The van der Waals surface area contributed by atoms with Crippen LogP contribution in [0, 0.1) is 0 Å². The third-order valence-corrected chi connectivity index (χ3v) is 6.02. The molecule has 0 bridgehead atoms. The molecule has 3 aromatic rings. The van der Waals surface area contributed by atoms with E-state index in [0.717, 1.165) is 21.5 Å². The molecule has 2 N–H and O–H groups in total. The Hall–Kier alpha value is -3.03. The molecule has 0 unspecified atom stereocenters. The molecule has 10 nitrogen and oxygen atoms in total. The number of rotatable bonds is 6. The van der Waals surface area contributed by atoms with Gasteiger partial charge in [-0.15, -0.1) is 21.5 Å². The first kappa shape index (κ1) is 21.2. The highest BCUT2D eigenvalue weighted by atomic mass is 32.1. The Morgan fingerprint density at radius 1 is 1.26 bits per heavy atom. The van der Waals surface area contributed by atoms with Crippen molar-refractivity contribution < 1.29 is 18.0 Å². The van der Waals surface area contributed by atoms with Crippen molar-refractivity contribution in [1.82, 2.24) is 35.5 Å². The minimum absolute atomic E-state index is 0.205. The molecule has 0 spiro atoms. The molecule has 1 amide bonds. The van der Waals surface area contributed by atoms with Gasteiger partial charge in [0.25, 0.3) is 0 Å². The molecular formula is C17H20F3N9OS. The van der Waals surface area contributed by atoms with Crippen LogP contribution >= 0.6 is 11.3 Å². The number of hydrogen-bond donors (Lipinski definition) is 2. The summed E-state index contributed by atoms with van der Waals surface area (Å²) < 4.78 is 37.6. The number of nitrogens with zero attached hydrogens (tertiary/aromatic N) is 7. The standard InChI is InChI=1S/C17H20F3N9OS/c1-2-10-7-11-14(29-5-3-28(4-6-29)13(30)8-17(18,19)20)22-16(23-15(11)31-10)21-9-12-24-26-27-25-12/h7H,2-6,8-9H2,1H3,(H,21,22,23)(H,24,25,26,27). The molecule has 0 radical (unpaired) electrons. The van der Waals surface area contributed by atoms with E-state index in [-0.39, 0.29) is 19.6 Å². The summed E-state index contributed by atoms with van der Waals surface area (Å²) in [4.78, 5) is 26.3. The Morgan fingerprint density at radius 2 is 2.03 bits per heavy atom. The largest absolute Gasteiger partial charge is 0.397 e. The zero-order valence-corrected chi connectivity index (χ0v) is 17.4. The predicted molar refractivity (Wildman–Crippen MR) is 108 cm³/mol. The summed E-state index contributed by atoms with van der Waals surface area (Å²) >= 11 is 1.57. The van der Waals surface area contributed by atoms with Gasteiger partial charge >= 0.3 is 6.18 Å². The average molecular weight is 455 g/mol. The summed E-state index contributed by atoms with van der Waals surface area (Å²) in [7, 11) is 0. The molecular weight excluding hydrogens is 435 g/mol. The fraction of sp³-hybridized carbons (Fsp3) is 0.529. The second-order valence-electron chi connectivity index (χ2n) is 7.00. The lowest BCUT2D eigenvalue weighted by atomic mass is 10.2. The monoisotopic (exact) mass is 455 g/mol. The minimum Gasteiger partial charge on any atom is -0.352 e. The zero-order valence-electron chi connectivity index (χ0n) is 16.6. The van der Waals surface area contributed by atoms with E-state index >= 15 is 0 Å². The first-order valence-electron chi connectivity index (χ1n) is 9.68. The van der Waals surface area contributed by atoms with E-state index in [4.69, 9.17) is 0 Å². The molecule has 1 fully saturated rings. The van der Waals surface area contributed by atoms with Gasteiger partial charge in [-0.1, -0.05) is 12.1 Å². The van der Waals surface area contributed by atoms with E-state index in [2.05, 4.69) is 42.8 Å². The summed E-state index contributed by atoms with van der Waals surface area (Å²) in [5.74, 6) is 0.653. The molecule has 0 aliphatic carbocycles. The van der Waals surface area contributed by atoms with Crippen LogP contribution in [0.2, 0.25) is 0 Å². The predicted octanol–water partition coefficient (Wildman–Crippen LogP) is 1.98. The van der Waals surface area contributed by atoms with E-state index < -0.39 is 18.5 Å². The van der Waals surface area contributed by atoms with Crippen LogP contribution in [-0.2, 0) is 17.8 Å². The van der Waals surface area contributed by atoms with Gasteiger partial charge in [0, 0.05) is 31.1 Å². The quantitative estimate of drug-likeness (QED) is 0.580. The Kier molecular flexibility index (Phi) is 5.89. The number of halogens is 3. The first-order valence-corrected chi connectivity index (χ1v) is 10.5. The number of piperazine rings is 1. The molecule has 14 heteroatoms. The number of tetrazole rings is 1. The van der Waals surface area contributed by atoms with Crippen molar-refractivity contribution in [2.24, 2.45) is 0 Å². The maximum absolute atomic E-state index is 12.5. The van der Waals surface area contributed by atoms with Gasteiger partial charge in [-0.05, 0) is 12.5 Å². The molecule has 0 saturated carbocycles. The number of aromatic nitrogens is 6. The van der Waals surface area contributed by atoms with Crippen LogP contribution in [0.5, 0.6) is 0 Å². The van der Waals surface area contributed by atoms with Crippen molar-refractivity contribution in [3.63, 3.8) is 0 Å². The first-order chi connectivity index (χ1) is 14.8. The molecule has 0 aromatic carbocycles. The van der Waals surface area contributed by atoms with Crippen LogP contribution in [0.25, 0.3) is 10.2 Å². The van der Waals surface area contributed by atoms with E-state index in [9.17, 15) is 18.0 Å². The number of aromatic amines is 1. The number of carbonyl (C=O) groups is 1. The molecule has 1 aliphatic heterocycles. The molecule has 1 aliphatic rings. The van der Waals surface area contributed by atoms with Crippen molar-refractivity contribution in [2.45, 2.75) is 32.5 Å². The SMILES string of the molecule is CCc1cc2c(N3CCN(C(=O)CC(F)(F)F)CC3)nc(NCc3nn[nH]n3)nc2s1. The lowest BCUT2D eigenvalue weighted by Crippen LogP contribution is -2.49. The highest BCUT2D eigenvalue weighted by molar-refractivity contribution is 7.18. The van der Waals surface area contributed by atoms with Crippen LogP contribution in [-0.4, -0.2) is 73.8 Å². The van der Waals surface area contributed by atoms with E-state index in [1.54, 1.807) is 11.3 Å². The summed E-state index contributed by atoms with van der Waals surface area (Å²) in [6, 6.07) is 2.04. The van der Waals surface area contributed by atoms with E-state index in [1.165, 1.54) is 4.90 Å². The Bertz CT molecular complexity index is 1050. The molecule has 0 atom stereocenters. The van der Waals surface area contributed by atoms with Gasteiger partial charge < -0.3 is 15.1 Å². The third kappa shape index (κ3) is 5.00. The smallest absolute Gasteiger partial charge is 0.352 e. The summed E-state index contributed by atoms with van der Waals surface area (Å²) in [5.41, 5.74) is 0. The summed E-state index contributed by atoms with van der Waals surface area (Å²) in [6.07, 6.45) is -5.08. The second kappa shape index (κ2) is 8.61. The van der Waals surface area contributed by atoms with Crippen LogP contribution in [0.1, 0.15) is 24.0 Å². The Labute approximate surface area is 178 Å². The summed E-state index contributed by atoms with van der Waals surface area (Å²) in [5, 5.41) is 17.6. The van der Waals surface area contributed by atoms with Gasteiger partial charge in [-0.3, -0.25) is 4.79 Å². The highest BCUT2D eigenvalue weighted by Crippen LogP contribution is 2.33. The second-order valence-corrected chi connectivity index (χ2v) is 8.11. The number of carbonyl (C=O) groups excluding carboxylic acids is 1. The minimum atomic E-state index is -4.50. The number of amides is 1. The fourth-order valence-electron chi connectivity index (χ4n) is 3.32. The number of fused-ring (bicyclic) bond motifs is 1. The van der Waals surface area contributed by atoms with Gasteiger partial charge in [-0.25, -0.2) is 4.98 Å². The fourth-order valence-corrected chi connectivity index (χ4v) is 4.28. The van der Waals surface area contributed by atoms with Crippen LogP contribution in [0.15, 0.2) is 6.07 Å². The normalized spacial score (nSPS) is 15.0. The van der Waals surface area contributed by atoms with Crippen molar-refractivity contribution in [3.05, 3.63) is 16.8 Å². The maximum Gasteiger partial charge on any atom is 0.397 e. The molecule has 3 aromatic heterocycles. The number of thiophene rings is 1. The lowest BCUT2D eigenvalue weighted by molar-refractivity contribution is -0.161. The van der Waals surface area contributed by atoms with Crippen molar-refractivity contribution in [2.75, 3.05) is 36.4 Å². The van der Waals surface area contributed by atoms with E-state index in [1.807, 2.05) is 11.0 Å². The van der Waals surface area contributed by atoms with Crippen LogP contribution in [0.3, 0.4) is 0 Å². The number of H-pyrrole nitrogens is 1. The van der Waals surface area contributed by atoms with Gasteiger partial charge in [0.15, 0.2) is 5.82 Å². The number of alkyl halides is 3. The Balaban J connectivity index is 1.53. The number of hydrogen-bond acceptors (Lipinski definition) is 9. The topological polar surface area (TPSA) is 116 Å². The molecule has 1 saturated heterocycles. The number of aryl methyl sites for hydroxylation is 1. The third-order valence-electron chi connectivity index (χ3n) is 4.85. The zero-order chi connectivity index (χ0) is 22.0. The van der Waals surface area contributed by atoms with Gasteiger partial charge in [0.05, 0.1) is 11.9 Å². The van der Waals surface area contributed by atoms with Crippen LogP contribution in [0.4, 0.5) is 24.9 Å². The average Bonchev–Trinajstić information content (AvgIpc) is 3.40. The van der Waals surface area contributed by atoms with Gasteiger partial charge in [0.1, 0.15) is 17.1 Å². The summed E-state index contributed by atoms with van der Waals surface area (Å²) in [6.45, 7) is 3.52. The van der Waals surface area contributed by atoms with E-state index in [0.29, 0.717) is 30.7 Å². The van der Waals surface area contributed by atoms with Gasteiger partial charge in [0.2, 0.25) is 11.9 Å². The van der Waals surface area contributed by atoms with Gasteiger partial charge in [-0.2, -0.15) is 23.4 Å². The number of anilines is 2. The number of nitrogens with one attached hydrogen (secondary N) is 2. The molecule has 4 rings (SSSR count). The van der Waals surface area contributed by atoms with Crippen molar-refractivity contribution in [3.8, 4) is 0 Å². The molecule has 166 valence electrons. The molecule has 31 heavy (non-hydrogen) atoms. The Morgan fingerprint density at radius 3 is 2.68 bits per heavy atom. The highest BCUT2D eigenvalue weighted by Gasteiger charge is 2.34. The van der Waals surface area contributed by atoms with Crippen molar-refractivity contribution in [1.29, 1.82) is 0 Å². The van der Waals surface area contributed by atoms with Crippen LogP contribution < -0.4 is 10.2 Å². The lowest BCUT2D eigenvalue weighted by Gasteiger charge is -2.36. The maximum atomic E-state index is 12.5. The molecule has 4 heterocycles. The van der Waals surface area contributed by atoms with Crippen molar-refractivity contribution >= 4 is 39.2 Å².